The number of hydrogen-bond acceptors (Lipinski definition) is 2. The second-order valence-electron chi connectivity index (χ2n) is 5.31. The maximum Gasteiger partial charge on any atom is 0.111 e. The molecule has 1 aromatic heterocycles. The van der Waals surface area contributed by atoms with Crippen molar-refractivity contribution in [1.82, 2.24) is 4.57 Å². The molecule has 22 heavy (non-hydrogen) atoms. The summed E-state index contributed by atoms with van der Waals surface area (Å²) in [5.74, 6) is 0. The van der Waals surface area contributed by atoms with Crippen molar-refractivity contribution in [1.29, 1.82) is 0 Å². The summed E-state index contributed by atoms with van der Waals surface area (Å²) in [6.45, 7) is 0. The van der Waals surface area contributed by atoms with Crippen LogP contribution >= 0.6 is 23.4 Å². The minimum absolute atomic E-state index is 0.0442. The third-order valence-electron chi connectivity index (χ3n) is 3.93. The zero-order valence-electron chi connectivity index (χ0n) is 11.7. The lowest BCUT2D eigenvalue weighted by atomic mass is 10.0. The summed E-state index contributed by atoms with van der Waals surface area (Å²) in [5, 5.41) is 11.6. The number of rotatable bonds is 1. The number of benzene rings is 2. The Labute approximate surface area is 138 Å². The van der Waals surface area contributed by atoms with Crippen LogP contribution in [0.1, 0.15) is 22.6 Å². The summed E-state index contributed by atoms with van der Waals surface area (Å²) >= 11 is 7.85. The summed E-state index contributed by atoms with van der Waals surface area (Å²) in [6, 6.07) is 19.9. The number of aliphatic hydroxyl groups is 1. The summed E-state index contributed by atoms with van der Waals surface area (Å²) in [6.07, 6.45) is 1.40. The Bertz CT molecular complexity index is 815. The van der Waals surface area contributed by atoms with Crippen LogP contribution in [0.4, 0.5) is 0 Å². The van der Waals surface area contributed by atoms with E-state index in [1.807, 2.05) is 59.3 Å². The predicted octanol–water partition coefficient (Wildman–Crippen LogP) is 5.01. The fourth-order valence-electron chi connectivity index (χ4n) is 2.88. The highest BCUT2D eigenvalue weighted by Gasteiger charge is 2.30. The molecular formula is C18H14ClNOS. The van der Waals surface area contributed by atoms with Crippen LogP contribution in [0, 0.1) is 0 Å². The van der Waals surface area contributed by atoms with Crippen LogP contribution < -0.4 is 0 Å². The fourth-order valence-corrected chi connectivity index (χ4v) is 4.31. The van der Waals surface area contributed by atoms with Crippen LogP contribution in [0.3, 0.4) is 0 Å². The highest BCUT2D eigenvalue weighted by molar-refractivity contribution is 7.99. The van der Waals surface area contributed by atoms with Gasteiger partial charge in [-0.15, -0.1) is 11.8 Å². The third kappa shape index (κ3) is 2.26. The SMILES string of the molecule is O[C@H]1c2cccn2-c2cc(Cl)ccc2S[C@H]1c1ccccc1. The van der Waals surface area contributed by atoms with Crippen LogP contribution in [-0.2, 0) is 0 Å². The van der Waals surface area contributed by atoms with E-state index in [0.717, 1.165) is 21.8 Å². The number of thioether (sulfide) groups is 1. The van der Waals surface area contributed by atoms with Gasteiger partial charge in [0, 0.05) is 16.1 Å². The molecule has 0 saturated heterocycles. The van der Waals surface area contributed by atoms with Crippen molar-refractivity contribution < 1.29 is 5.11 Å². The van der Waals surface area contributed by atoms with E-state index in [4.69, 9.17) is 11.6 Å². The second-order valence-corrected chi connectivity index (χ2v) is 6.93. The Balaban J connectivity index is 1.91. The average Bonchev–Trinajstić information content (AvgIpc) is 2.99. The highest BCUT2D eigenvalue weighted by Crippen LogP contribution is 2.49. The zero-order valence-corrected chi connectivity index (χ0v) is 13.3. The molecule has 4 rings (SSSR count). The van der Waals surface area contributed by atoms with Gasteiger partial charge in [0.1, 0.15) is 6.10 Å². The van der Waals surface area contributed by atoms with Crippen molar-refractivity contribution >= 4 is 23.4 Å². The van der Waals surface area contributed by atoms with Crippen LogP contribution in [0.5, 0.6) is 0 Å². The largest absolute Gasteiger partial charge is 0.385 e. The van der Waals surface area contributed by atoms with E-state index < -0.39 is 6.10 Å². The summed E-state index contributed by atoms with van der Waals surface area (Å²) in [5.41, 5.74) is 3.04. The molecule has 0 unspecified atom stereocenters. The van der Waals surface area contributed by atoms with Crippen molar-refractivity contribution in [3.8, 4) is 5.69 Å². The summed E-state index contributed by atoms with van der Waals surface area (Å²) in [4.78, 5) is 1.12. The minimum Gasteiger partial charge on any atom is -0.385 e. The first-order chi connectivity index (χ1) is 10.7. The molecule has 2 atom stereocenters. The van der Waals surface area contributed by atoms with E-state index in [1.165, 1.54) is 0 Å². The van der Waals surface area contributed by atoms with Gasteiger partial charge in [-0.3, -0.25) is 0 Å². The van der Waals surface area contributed by atoms with E-state index in [-0.39, 0.29) is 5.25 Å². The molecule has 2 heterocycles. The zero-order chi connectivity index (χ0) is 15.1. The fraction of sp³-hybridized carbons (Fsp3) is 0.111. The van der Waals surface area contributed by atoms with Gasteiger partial charge in [-0.05, 0) is 35.9 Å². The number of halogens is 1. The molecule has 0 saturated carbocycles. The van der Waals surface area contributed by atoms with Gasteiger partial charge in [0.05, 0.1) is 16.6 Å². The normalized spacial score (nSPS) is 20.1. The maximum atomic E-state index is 10.9. The molecule has 2 aromatic carbocycles. The second kappa shape index (κ2) is 5.51. The molecule has 1 aliphatic rings. The summed E-state index contributed by atoms with van der Waals surface area (Å²) < 4.78 is 2.03. The summed E-state index contributed by atoms with van der Waals surface area (Å²) in [7, 11) is 0. The van der Waals surface area contributed by atoms with Crippen LogP contribution in [0.15, 0.2) is 71.8 Å². The molecule has 1 N–H and O–H groups in total. The van der Waals surface area contributed by atoms with E-state index in [1.54, 1.807) is 11.8 Å². The number of nitrogens with zero attached hydrogens (tertiary/aromatic N) is 1. The Morgan fingerprint density at radius 1 is 1.00 bits per heavy atom. The van der Waals surface area contributed by atoms with Crippen molar-refractivity contribution in [3.05, 3.63) is 83.1 Å². The van der Waals surface area contributed by atoms with Gasteiger partial charge in [0.15, 0.2) is 0 Å². The highest BCUT2D eigenvalue weighted by atomic mass is 35.5. The number of fused-ring (bicyclic) bond motifs is 3. The molecule has 2 nitrogen and oxygen atoms in total. The Morgan fingerprint density at radius 3 is 2.64 bits per heavy atom. The van der Waals surface area contributed by atoms with Gasteiger partial charge in [0.2, 0.25) is 0 Å². The Hall–Kier alpha value is -1.68. The van der Waals surface area contributed by atoms with E-state index >= 15 is 0 Å². The molecule has 4 heteroatoms. The maximum absolute atomic E-state index is 10.9. The van der Waals surface area contributed by atoms with Crippen molar-refractivity contribution in [2.24, 2.45) is 0 Å². The molecule has 110 valence electrons. The average molecular weight is 328 g/mol. The molecule has 0 fully saturated rings. The van der Waals surface area contributed by atoms with Crippen molar-refractivity contribution in [2.45, 2.75) is 16.2 Å². The smallest absolute Gasteiger partial charge is 0.111 e. The van der Waals surface area contributed by atoms with Crippen molar-refractivity contribution in [2.75, 3.05) is 0 Å². The van der Waals surface area contributed by atoms with E-state index in [9.17, 15) is 5.11 Å². The lowest BCUT2D eigenvalue weighted by molar-refractivity contribution is 0.169. The first kappa shape index (κ1) is 13.9. The first-order valence-corrected chi connectivity index (χ1v) is 8.36. The van der Waals surface area contributed by atoms with Gasteiger partial charge < -0.3 is 9.67 Å². The van der Waals surface area contributed by atoms with Crippen LogP contribution in [0.2, 0.25) is 5.02 Å². The monoisotopic (exact) mass is 327 g/mol. The van der Waals surface area contributed by atoms with Gasteiger partial charge >= 0.3 is 0 Å². The minimum atomic E-state index is -0.575. The number of aromatic nitrogens is 1. The van der Waals surface area contributed by atoms with Gasteiger partial charge in [-0.2, -0.15) is 0 Å². The van der Waals surface area contributed by atoms with Crippen molar-refractivity contribution in [3.63, 3.8) is 0 Å². The first-order valence-electron chi connectivity index (χ1n) is 7.11. The molecular weight excluding hydrogens is 314 g/mol. The molecule has 1 aliphatic heterocycles. The molecule has 0 bridgehead atoms. The quantitative estimate of drug-likeness (QED) is 0.679. The lowest BCUT2D eigenvalue weighted by Gasteiger charge is -2.20. The third-order valence-corrected chi connectivity index (χ3v) is 5.55. The molecule has 0 aliphatic carbocycles. The van der Waals surface area contributed by atoms with E-state index in [2.05, 4.69) is 12.1 Å². The molecule has 0 radical (unpaired) electrons. The predicted molar refractivity (Wildman–Crippen MR) is 90.8 cm³/mol. The van der Waals surface area contributed by atoms with Gasteiger partial charge in [0.25, 0.3) is 0 Å². The number of aliphatic hydroxyl groups excluding tert-OH is 1. The van der Waals surface area contributed by atoms with Gasteiger partial charge in [-0.1, -0.05) is 41.9 Å². The van der Waals surface area contributed by atoms with E-state index in [0.29, 0.717) is 5.02 Å². The van der Waals surface area contributed by atoms with Crippen LogP contribution in [0.25, 0.3) is 5.69 Å². The lowest BCUT2D eigenvalue weighted by Crippen LogP contribution is -2.09. The Morgan fingerprint density at radius 2 is 1.82 bits per heavy atom. The molecule has 0 spiro atoms. The number of hydrogen-bond donors (Lipinski definition) is 1. The Kier molecular flexibility index (Phi) is 3.49. The van der Waals surface area contributed by atoms with Gasteiger partial charge in [-0.25, -0.2) is 0 Å². The standard InChI is InChI=1S/C18H14ClNOS/c19-13-8-9-16-15(11-13)20-10-4-7-14(20)17(21)18(22-16)12-5-2-1-3-6-12/h1-11,17-18,21H/t17-,18-/m0/s1. The topological polar surface area (TPSA) is 25.2 Å². The molecule has 0 amide bonds. The van der Waals surface area contributed by atoms with Crippen LogP contribution in [-0.4, -0.2) is 9.67 Å². The molecule has 3 aromatic rings.